The maximum Gasteiger partial charge on any atom is 0.103 e. The second kappa shape index (κ2) is 6.08. The number of rotatable bonds is 4. The molecule has 0 radical (unpaired) electrons. The Bertz CT molecular complexity index is 447. The van der Waals surface area contributed by atoms with Crippen LogP contribution in [-0.4, -0.2) is 38.1 Å². The summed E-state index contributed by atoms with van der Waals surface area (Å²) in [4.78, 5) is 4.58. The second-order valence-corrected chi connectivity index (χ2v) is 5.12. The predicted octanol–water partition coefficient (Wildman–Crippen LogP) is 2.74. The minimum atomic E-state index is 0.531. The summed E-state index contributed by atoms with van der Waals surface area (Å²) in [5.41, 5.74) is 1.49. The van der Waals surface area contributed by atoms with E-state index in [9.17, 15) is 0 Å². The van der Waals surface area contributed by atoms with E-state index in [1.54, 1.807) is 6.07 Å². The van der Waals surface area contributed by atoms with Gasteiger partial charge in [0.2, 0.25) is 0 Å². The molecule has 4 heteroatoms. The molecule has 1 saturated heterocycles. The van der Waals surface area contributed by atoms with Crippen LogP contribution in [0.3, 0.4) is 0 Å². The number of nitriles is 1. The molecule has 0 saturated carbocycles. The van der Waals surface area contributed by atoms with Crippen molar-refractivity contribution in [1.29, 1.82) is 5.26 Å². The van der Waals surface area contributed by atoms with Gasteiger partial charge in [0.05, 0.1) is 16.3 Å². The van der Waals surface area contributed by atoms with Gasteiger partial charge < -0.3 is 9.80 Å². The fourth-order valence-corrected chi connectivity index (χ4v) is 2.57. The van der Waals surface area contributed by atoms with Crippen LogP contribution in [0.25, 0.3) is 0 Å². The molecule has 1 aliphatic heterocycles. The zero-order valence-corrected chi connectivity index (χ0v) is 11.5. The molecule has 2 rings (SSSR count). The molecule has 18 heavy (non-hydrogen) atoms. The molecule has 0 bridgehead atoms. The van der Waals surface area contributed by atoms with Crippen LogP contribution < -0.4 is 4.90 Å². The van der Waals surface area contributed by atoms with Crippen LogP contribution in [0.2, 0.25) is 5.02 Å². The highest BCUT2D eigenvalue weighted by molar-refractivity contribution is 6.32. The van der Waals surface area contributed by atoms with Crippen molar-refractivity contribution in [3.8, 4) is 6.07 Å². The van der Waals surface area contributed by atoms with E-state index in [1.165, 1.54) is 25.9 Å². The lowest BCUT2D eigenvalue weighted by atomic mass is 10.2. The van der Waals surface area contributed by atoms with E-state index in [0.717, 1.165) is 18.8 Å². The van der Waals surface area contributed by atoms with Gasteiger partial charge in [0, 0.05) is 20.1 Å². The summed E-state index contributed by atoms with van der Waals surface area (Å²) >= 11 is 6.04. The molecule has 3 nitrogen and oxygen atoms in total. The topological polar surface area (TPSA) is 30.3 Å². The summed E-state index contributed by atoms with van der Waals surface area (Å²) in [6.07, 6.45) is 2.62. The highest BCUT2D eigenvalue weighted by Gasteiger charge is 2.14. The van der Waals surface area contributed by atoms with Crippen molar-refractivity contribution in [3.05, 3.63) is 28.8 Å². The highest BCUT2D eigenvalue weighted by Crippen LogP contribution is 2.25. The fourth-order valence-electron chi connectivity index (χ4n) is 2.36. The van der Waals surface area contributed by atoms with Crippen molar-refractivity contribution in [2.45, 2.75) is 12.8 Å². The van der Waals surface area contributed by atoms with Gasteiger partial charge in [-0.3, -0.25) is 0 Å². The molecule has 1 heterocycles. The van der Waals surface area contributed by atoms with E-state index in [4.69, 9.17) is 16.9 Å². The van der Waals surface area contributed by atoms with Gasteiger partial charge in [-0.25, -0.2) is 0 Å². The minimum Gasteiger partial charge on any atom is -0.372 e. The first-order chi connectivity index (χ1) is 8.72. The zero-order valence-electron chi connectivity index (χ0n) is 10.7. The van der Waals surface area contributed by atoms with Crippen LogP contribution in [0.4, 0.5) is 5.69 Å². The average molecular weight is 264 g/mol. The van der Waals surface area contributed by atoms with Crippen LogP contribution in [0.5, 0.6) is 0 Å². The zero-order chi connectivity index (χ0) is 13.0. The molecule has 0 aromatic heterocycles. The lowest BCUT2D eigenvalue weighted by Crippen LogP contribution is -2.31. The van der Waals surface area contributed by atoms with Gasteiger partial charge in [0.25, 0.3) is 0 Å². The summed E-state index contributed by atoms with van der Waals surface area (Å²) in [6.45, 7) is 4.38. The molecular formula is C14H18ClN3. The molecule has 1 aromatic carbocycles. The van der Waals surface area contributed by atoms with Crippen molar-refractivity contribution in [3.63, 3.8) is 0 Å². The lowest BCUT2D eigenvalue weighted by Gasteiger charge is -2.24. The van der Waals surface area contributed by atoms with Gasteiger partial charge in [-0.2, -0.15) is 5.26 Å². The van der Waals surface area contributed by atoms with Crippen molar-refractivity contribution in [1.82, 2.24) is 4.90 Å². The Hall–Kier alpha value is -1.24. The van der Waals surface area contributed by atoms with Crippen molar-refractivity contribution in [2.75, 3.05) is 38.1 Å². The Morgan fingerprint density at radius 1 is 1.39 bits per heavy atom. The maximum atomic E-state index is 9.16. The van der Waals surface area contributed by atoms with E-state index in [-0.39, 0.29) is 0 Å². The Morgan fingerprint density at radius 3 is 2.78 bits per heavy atom. The van der Waals surface area contributed by atoms with E-state index in [1.807, 2.05) is 19.2 Å². The number of hydrogen-bond acceptors (Lipinski definition) is 3. The van der Waals surface area contributed by atoms with E-state index in [0.29, 0.717) is 10.6 Å². The van der Waals surface area contributed by atoms with Gasteiger partial charge in [-0.1, -0.05) is 17.7 Å². The lowest BCUT2D eigenvalue weighted by molar-refractivity contribution is 0.346. The number of hydrogen-bond donors (Lipinski definition) is 0. The Morgan fingerprint density at radius 2 is 2.11 bits per heavy atom. The Kier molecular flexibility index (Phi) is 4.46. The third-order valence-corrected chi connectivity index (χ3v) is 3.78. The molecule has 0 amide bonds. The predicted molar refractivity (Wildman–Crippen MR) is 75.1 cm³/mol. The summed E-state index contributed by atoms with van der Waals surface area (Å²) in [5, 5.41) is 9.69. The first-order valence-electron chi connectivity index (χ1n) is 6.34. The summed E-state index contributed by atoms with van der Waals surface area (Å²) < 4.78 is 0. The summed E-state index contributed by atoms with van der Waals surface area (Å²) in [6, 6.07) is 7.79. The first kappa shape index (κ1) is 13.2. The fraction of sp³-hybridized carbons (Fsp3) is 0.500. The molecule has 0 N–H and O–H groups in total. The molecular weight excluding hydrogens is 246 g/mol. The van der Waals surface area contributed by atoms with Crippen LogP contribution in [0.1, 0.15) is 18.4 Å². The van der Waals surface area contributed by atoms with Gasteiger partial charge in [0.1, 0.15) is 6.07 Å². The number of anilines is 1. The number of halogens is 1. The number of benzene rings is 1. The smallest absolute Gasteiger partial charge is 0.103 e. The van der Waals surface area contributed by atoms with Crippen molar-refractivity contribution >= 4 is 17.3 Å². The quantitative estimate of drug-likeness (QED) is 0.837. The van der Waals surface area contributed by atoms with Crippen molar-refractivity contribution in [2.24, 2.45) is 0 Å². The van der Waals surface area contributed by atoms with Gasteiger partial charge in [0.15, 0.2) is 0 Å². The van der Waals surface area contributed by atoms with Gasteiger partial charge in [-0.15, -0.1) is 0 Å². The summed E-state index contributed by atoms with van der Waals surface area (Å²) in [5.74, 6) is 0. The second-order valence-electron chi connectivity index (χ2n) is 4.72. The van der Waals surface area contributed by atoms with E-state index >= 15 is 0 Å². The molecule has 1 aliphatic rings. The molecule has 1 fully saturated rings. The minimum absolute atomic E-state index is 0.531. The molecule has 0 atom stereocenters. The third-order valence-electron chi connectivity index (χ3n) is 3.46. The third kappa shape index (κ3) is 2.95. The Labute approximate surface area is 114 Å². The summed E-state index contributed by atoms with van der Waals surface area (Å²) in [7, 11) is 2.02. The van der Waals surface area contributed by atoms with Crippen LogP contribution in [0.15, 0.2) is 18.2 Å². The molecule has 0 aliphatic carbocycles. The monoisotopic (exact) mass is 263 g/mol. The van der Waals surface area contributed by atoms with Crippen LogP contribution in [-0.2, 0) is 0 Å². The number of likely N-dealkylation sites (tertiary alicyclic amines) is 1. The molecule has 96 valence electrons. The largest absolute Gasteiger partial charge is 0.372 e. The molecule has 0 unspecified atom stereocenters. The first-order valence-corrected chi connectivity index (χ1v) is 6.72. The standard InChI is InChI=1S/C14H18ClN3/c1-17(9-10-18-7-2-3-8-18)14-6-4-5-13(15)12(14)11-16/h4-6H,2-3,7-10H2,1H3. The Balaban J connectivity index is 2.02. The molecule has 0 spiro atoms. The van der Waals surface area contributed by atoms with Crippen LogP contribution in [0, 0.1) is 11.3 Å². The number of nitrogens with zero attached hydrogens (tertiary/aromatic N) is 3. The highest BCUT2D eigenvalue weighted by atomic mass is 35.5. The normalized spacial score (nSPS) is 15.6. The van der Waals surface area contributed by atoms with Gasteiger partial charge >= 0.3 is 0 Å². The van der Waals surface area contributed by atoms with E-state index < -0.39 is 0 Å². The molecule has 1 aromatic rings. The van der Waals surface area contributed by atoms with Crippen LogP contribution >= 0.6 is 11.6 Å². The number of likely N-dealkylation sites (N-methyl/N-ethyl adjacent to an activating group) is 1. The van der Waals surface area contributed by atoms with Gasteiger partial charge in [-0.05, 0) is 38.1 Å². The average Bonchev–Trinajstić information content (AvgIpc) is 2.88. The SMILES string of the molecule is CN(CCN1CCCC1)c1cccc(Cl)c1C#N. The van der Waals surface area contributed by atoms with Crippen molar-refractivity contribution < 1.29 is 0 Å². The maximum absolute atomic E-state index is 9.16. The van der Waals surface area contributed by atoms with E-state index in [2.05, 4.69) is 15.9 Å².